The number of benzene rings is 2. The Morgan fingerprint density at radius 3 is 1.77 bits per heavy atom. The minimum absolute atomic E-state index is 0.169. The highest BCUT2D eigenvalue weighted by Crippen LogP contribution is 2.49. The summed E-state index contributed by atoms with van der Waals surface area (Å²) in [6.45, 7) is 3.85. The standard InChI is InChI=1S/C22H25F3NO3P/c1-16(22(23,24)25)26-21(17-11-7-5-8-12-17,18-13-9-6-10-14-18)19(20(27)29-2)15-30(3,4)28/h5-14,19H,15H2,1-4H3. The summed E-state index contributed by atoms with van der Waals surface area (Å²) in [6, 6.07) is 16.6. The molecule has 0 heterocycles. The molecule has 1 atom stereocenters. The van der Waals surface area contributed by atoms with Gasteiger partial charge in [-0.3, -0.25) is 9.79 Å². The molecule has 0 aliphatic carbocycles. The Kier molecular flexibility index (Phi) is 7.30. The second-order valence-electron chi connectivity index (χ2n) is 7.53. The fraction of sp³-hybridized carbons (Fsp3) is 0.364. The maximum Gasteiger partial charge on any atom is 0.428 e. The van der Waals surface area contributed by atoms with Crippen molar-refractivity contribution in [2.45, 2.75) is 18.6 Å². The molecule has 0 bridgehead atoms. The van der Waals surface area contributed by atoms with Gasteiger partial charge >= 0.3 is 12.1 Å². The third kappa shape index (κ3) is 5.39. The largest absolute Gasteiger partial charge is 0.469 e. The van der Waals surface area contributed by atoms with Crippen LogP contribution in [0.3, 0.4) is 0 Å². The summed E-state index contributed by atoms with van der Waals surface area (Å²) >= 11 is 0. The zero-order valence-corrected chi connectivity index (χ0v) is 18.2. The van der Waals surface area contributed by atoms with Gasteiger partial charge in [-0.25, -0.2) is 0 Å². The maximum absolute atomic E-state index is 13.6. The van der Waals surface area contributed by atoms with Gasteiger partial charge in [0.15, 0.2) is 0 Å². The van der Waals surface area contributed by atoms with E-state index in [1.54, 1.807) is 60.7 Å². The number of methoxy groups -OCH3 is 1. The van der Waals surface area contributed by atoms with Crippen LogP contribution >= 0.6 is 7.14 Å². The van der Waals surface area contributed by atoms with Gasteiger partial charge in [-0.05, 0) is 31.4 Å². The summed E-state index contributed by atoms with van der Waals surface area (Å²) in [4.78, 5) is 17.1. The number of hydrogen-bond donors (Lipinski definition) is 0. The fourth-order valence-electron chi connectivity index (χ4n) is 3.45. The van der Waals surface area contributed by atoms with Crippen molar-refractivity contribution >= 4 is 18.8 Å². The van der Waals surface area contributed by atoms with Crippen molar-refractivity contribution in [3.8, 4) is 0 Å². The first kappa shape index (κ1) is 23.9. The number of carbonyl (C=O) groups is 1. The van der Waals surface area contributed by atoms with Gasteiger partial charge in [0.2, 0.25) is 0 Å². The molecule has 0 radical (unpaired) electrons. The van der Waals surface area contributed by atoms with Crippen molar-refractivity contribution in [1.82, 2.24) is 0 Å². The van der Waals surface area contributed by atoms with E-state index in [4.69, 9.17) is 4.74 Å². The van der Waals surface area contributed by atoms with Gasteiger partial charge < -0.3 is 9.30 Å². The molecule has 0 spiro atoms. The molecule has 0 aliphatic rings. The van der Waals surface area contributed by atoms with Crippen molar-refractivity contribution in [2.75, 3.05) is 26.6 Å². The molecule has 30 heavy (non-hydrogen) atoms. The summed E-state index contributed by atoms with van der Waals surface area (Å²) in [5.41, 5.74) is -2.10. The first-order valence-corrected chi connectivity index (χ1v) is 12.1. The van der Waals surface area contributed by atoms with Crippen LogP contribution in [0.5, 0.6) is 0 Å². The Morgan fingerprint density at radius 2 is 1.43 bits per heavy atom. The van der Waals surface area contributed by atoms with E-state index in [2.05, 4.69) is 4.99 Å². The lowest BCUT2D eigenvalue weighted by atomic mass is 9.73. The van der Waals surface area contributed by atoms with E-state index in [0.717, 1.165) is 14.0 Å². The Labute approximate surface area is 174 Å². The number of esters is 1. The summed E-state index contributed by atoms with van der Waals surface area (Å²) in [5.74, 6) is -2.00. The molecule has 4 nitrogen and oxygen atoms in total. The van der Waals surface area contributed by atoms with Gasteiger partial charge in [-0.1, -0.05) is 60.7 Å². The summed E-state index contributed by atoms with van der Waals surface area (Å²) in [5, 5.41) is 0. The molecule has 1 unspecified atom stereocenters. The van der Waals surface area contributed by atoms with Crippen molar-refractivity contribution in [3.05, 3.63) is 71.8 Å². The lowest BCUT2D eigenvalue weighted by Gasteiger charge is -2.38. The van der Waals surface area contributed by atoms with E-state index in [1.807, 2.05) is 0 Å². The van der Waals surface area contributed by atoms with E-state index in [-0.39, 0.29) is 6.16 Å². The molecular weight excluding hydrogens is 414 g/mol. The van der Waals surface area contributed by atoms with Crippen LogP contribution in [0.1, 0.15) is 18.1 Å². The van der Waals surface area contributed by atoms with Gasteiger partial charge in [0.05, 0.1) is 20.2 Å². The Hall–Kier alpha value is -2.40. The van der Waals surface area contributed by atoms with Crippen LogP contribution in [0.15, 0.2) is 65.7 Å². The summed E-state index contributed by atoms with van der Waals surface area (Å²) in [6.07, 6.45) is -4.87. The monoisotopic (exact) mass is 439 g/mol. The van der Waals surface area contributed by atoms with Crippen molar-refractivity contribution in [2.24, 2.45) is 10.9 Å². The van der Waals surface area contributed by atoms with Crippen molar-refractivity contribution in [1.29, 1.82) is 0 Å². The number of carbonyl (C=O) groups excluding carboxylic acids is 1. The second-order valence-corrected chi connectivity index (χ2v) is 11.0. The van der Waals surface area contributed by atoms with Gasteiger partial charge in [0.1, 0.15) is 11.3 Å². The predicted molar refractivity (Wildman–Crippen MR) is 113 cm³/mol. The number of aliphatic imine (C=N–C) groups is 1. The van der Waals surface area contributed by atoms with Crippen molar-refractivity contribution in [3.63, 3.8) is 0 Å². The smallest absolute Gasteiger partial charge is 0.428 e. The zero-order valence-electron chi connectivity index (χ0n) is 17.3. The number of rotatable bonds is 7. The molecule has 0 amide bonds. The molecule has 2 aromatic rings. The lowest BCUT2D eigenvalue weighted by molar-refractivity contribution is -0.146. The average molecular weight is 439 g/mol. The first-order valence-electron chi connectivity index (χ1n) is 9.28. The van der Waals surface area contributed by atoms with E-state index < -0.39 is 36.5 Å². The minimum Gasteiger partial charge on any atom is -0.469 e. The molecule has 0 fully saturated rings. The number of alkyl halides is 3. The molecule has 0 saturated heterocycles. The molecule has 2 aromatic carbocycles. The summed E-state index contributed by atoms with van der Waals surface area (Å²) in [7, 11) is -1.70. The van der Waals surface area contributed by atoms with Crippen LogP contribution in [-0.4, -0.2) is 44.5 Å². The third-order valence-corrected chi connectivity index (χ3v) is 6.04. The highest BCUT2D eigenvalue weighted by molar-refractivity contribution is 7.62. The van der Waals surface area contributed by atoms with E-state index in [1.165, 1.54) is 13.3 Å². The van der Waals surface area contributed by atoms with Crippen LogP contribution in [0.4, 0.5) is 13.2 Å². The van der Waals surface area contributed by atoms with E-state index in [9.17, 15) is 22.5 Å². The van der Waals surface area contributed by atoms with Gasteiger partial charge in [0, 0.05) is 6.16 Å². The molecule has 162 valence electrons. The van der Waals surface area contributed by atoms with Crippen molar-refractivity contribution < 1.29 is 27.3 Å². The third-order valence-electron chi connectivity index (χ3n) is 4.79. The van der Waals surface area contributed by atoms with Crippen LogP contribution < -0.4 is 0 Å². The van der Waals surface area contributed by atoms with Crippen LogP contribution in [0.25, 0.3) is 0 Å². The lowest BCUT2D eigenvalue weighted by Crippen LogP contribution is -2.44. The minimum atomic E-state index is -4.70. The zero-order chi connectivity index (χ0) is 22.6. The van der Waals surface area contributed by atoms with Crippen LogP contribution in [-0.2, 0) is 19.6 Å². The van der Waals surface area contributed by atoms with Crippen LogP contribution in [0, 0.1) is 5.92 Å². The molecule has 0 aliphatic heterocycles. The van der Waals surface area contributed by atoms with E-state index in [0.29, 0.717) is 11.1 Å². The molecule has 0 saturated carbocycles. The quantitative estimate of drug-likeness (QED) is 0.331. The number of ether oxygens (including phenoxy) is 1. The molecule has 8 heteroatoms. The number of hydrogen-bond acceptors (Lipinski definition) is 4. The number of halogens is 3. The second kappa shape index (κ2) is 9.17. The Morgan fingerprint density at radius 1 is 1.00 bits per heavy atom. The maximum atomic E-state index is 13.6. The highest BCUT2D eigenvalue weighted by atomic mass is 31.2. The Balaban J connectivity index is 2.99. The Bertz CT molecular complexity index is 898. The topological polar surface area (TPSA) is 55.7 Å². The molecule has 2 rings (SSSR count). The average Bonchev–Trinajstić information content (AvgIpc) is 2.69. The van der Waals surface area contributed by atoms with Crippen LogP contribution in [0.2, 0.25) is 0 Å². The molecule has 0 N–H and O–H groups in total. The summed E-state index contributed by atoms with van der Waals surface area (Å²) < 4.78 is 58.5. The SMILES string of the molecule is COC(=O)C(CP(C)(C)=O)C(N=C(C)C(F)(F)F)(c1ccccc1)c1ccccc1. The molecular formula is C22H25F3NO3P. The van der Waals surface area contributed by atoms with Gasteiger partial charge in [-0.15, -0.1) is 0 Å². The number of nitrogens with zero attached hydrogens (tertiary/aromatic N) is 1. The molecule has 0 aromatic heterocycles. The van der Waals surface area contributed by atoms with Gasteiger partial charge in [-0.2, -0.15) is 13.2 Å². The van der Waals surface area contributed by atoms with Gasteiger partial charge in [0.25, 0.3) is 0 Å². The fourth-order valence-corrected chi connectivity index (χ4v) is 4.74. The normalized spacial score (nSPS) is 14.3. The first-order chi connectivity index (χ1) is 13.9. The van der Waals surface area contributed by atoms with E-state index >= 15 is 0 Å². The highest BCUT2D eigenvalue weighted by Gasteiger charge is 2.50. The predicted octanol–water partition coefficient (Wildman–Crippen LogP) is 5.37.